The zero-order chi connectivity index (χ0) is 10.5. The van der Waals surface area contributed by atoms with E-state index in [4.69, 9.17) is 4.42 Å². The smallest absolute Gasteiger partial charge is 0.118 e. The van der Waals surface area contributed by atoms with Gasteiger partial charge in [-0.2, -0.15) is 0 Å². The minimum absolute atomic E-state index is 0.386. The second-order valence-electron chi connectivity index (χ2n) is 3.56. The topological polar surface area (TPSA) is 33.4 Å². The number of hydrogen-bond acceptors (Lipinski definition) is 2. The molecule has 0 saturated carbocycles. The number of phenols is 1. The number of hydrogen-bond donors (Lipinski definition) is 1. The second-order valence-corrected chi connectivity index (χ2v) is 3.56. The minimum Gasteiger partial charge on any atom is -0.508 e. The van der Waals surface area contributed by atoms with Crippen LogP contribution in [-0.2, 0) is 12.8 Å². The molecule has 1 heterocycles. The van der Waals surface area contributed by atoms with Crippen LogP contribution in [0.3, 0.4) is 0 Å². The van der Waals surface area contributed by atoms with Crippen LogP contribution in [0.4, 0.5) is 0 Å². The molecule has 2 nitrogen and oxygen atoms in total. The molecule has 1 aromatic carbocycles. The normalized spacial score (nSPS) is 10.4. The SMILES string of the molecule is Oc1ccccc1CCCc1ccco1. The van der Waals surface area contributed by atoms with Gasteiger partial charge in [-0.25, -0.2) is 0 Å². The minimum atomic E-state index is 0.386. The van der Waals surface area contributed by atoms with Crippen molar-refractivity contribution in [1.29, 1.82) is 0 Å². The Balaban J connectivity index is 1.86. The molecule has 0 atom stereocenters. The number of rotatable bonds is 4. The van der Waals surface area contributed by atoms with E-state index in [9.17, 15) is 5.11 Å². The average Bonchev–Trinajstić information content (AvgIpc) is 2.74. The third kappa shape index (κ3) is 2.62. The zero-order valence-electron chi connectivity index (χ0n) is 8.52. The summed E-state index contributed by atoms with van der Waals surface area (Å²) >= 11 is 0. The van der Waals surface area contributed by atoms with E-state index in [1.807, 2.05) is 30.3 Å². The highest BCUT2D eigenvalue weighted by molar-refractivity contribution is 5.31. The molecule has 0 radical (unpaired) electrons. The molecule has 0 amide bonds. The lowest BCUT2D eigenvalue weighted by atomic mass is 10.1. The molecule has 0 saturated heterocycles. The molecule has 1 N–H and O–H groups in total. The van der Waals surface area contributed by atoms with Crippen LogP contribution >= 0.6 is 0 Å². The number of benzene rings is 1. The fourth-order valence-corrected chi connectivity index (χ4v) is 1.63. The van der Waals surface area contributed by atoms with Gasteiger partial charge in [-0.1, -0.05) is 18.2 Å². The van der Waals surface area contributed by atoms with Crippen LogP contribution in [0.2, 0.25) is 0 Å². The van der Waals surface area contributed by atoms with Crippen LogP contribution in [0.25, 0.3) is 0 Å². The van der Waals surface area contributed by atoms with Crippen LogP contribution in [0, 0.1) is 0 Å². The Kier molecular flexibility index (Phi) is 3.08. The van der Waals surface area contributed by atoms with Crippen molar-refractivity contribution in [2.45, 2.75) is 19.3 Å². The highest BCUT2D eigenvalue weighted by atomic mass is 16.3. The number of para-hydroxylation sites is 1. The molecule has 0 aliphatic rings. The van der Waals surface area contributed by atoms with Gasteiger partial charge in [0.25, 0.3) is 0 Å². The molecule has 2 aromatic rings. The van der Waals surface area contributed by atoms with E-state index in [2.05, 4.69) is 0 Å². The van der Waals surface area contributed by atoms with Gasteiger partial charge in [-0.15, -0.1) is 0 Å². The first kappa shape index (κ1) is 9.84. The van der Waals surface area contributed by atoms with Crippen molar-refractivity contribution in [3.8, 4) is 5.75 Å². The van der Waals surface area contributed by atoms with Crippen LogP contribution < -0.4 is 0 Å². The lowest BCUT2D eigenvalue weighted by molar-refractivity contribution is 0.464. The largest absolute Gasteiger partial charge is 0.508 e. The van der Waals surface area contributed by atoms with E-state index in [0.717, 1.165) is 30.6 Å². The van der Waals surface area contributed by atoms with Gasteiger partial charge in [0.15, 0.2) is 0 Å². The Hall–Kier alpha value is -1.70. The highest BCUT2D eigenvalue weighted by Gasteiger charge is 2.00. The second kappa shape index (κ2) is 4.69. The number of aromatic hydroxyl groups is 1. The van der Waals surface area contributed by atoms with Gasteiger partial charge in [0, 0.05) is 6.42 Å². The summed E-state index contributed by atoms with van der Waals surface area (Å²) in [5.41, 5.74) is 1.00. The van der Waals surface area contributed by atoms with Crippen LogP contribution in [0.1, 0.15) is 17.7 Å². The van der Waals surface area contributed by atoms with Crippen LogP contribution in [0.15, 0.2) is 47.1 Å². The predicted octanol–water partition coefficient (Wildman–Crippen LogP) is 3.16. The fourth-order valence-electron chi connectivity index (χ4n) is 1.63. The van der Waals surface area contributed by atoms with E-state index in [1.54, 1.807) is 12.3 Å². The summed E-state index contributed by atoms with van der Waals surface area (Å²) in [5, 5.41) is 9.54. The fraction of sp³-hybridized carbons (Fsp3) is 0.231. The average molecular weight is 202 g/mol. The molecule has 0 fully saturated rings. The van der Waals surface area contributed by atoms with E-state index in [0.29, 0.717) is 5.75 Å². The van der Waals surface area contributed by atoms with Gasteiger partial charge >= 0.3 is 0 Å². The Labute approximate surface area is 89.2 Å². The van der Waals surface area contributed by atoms with E-state index in [1.165, 1.54) is 0 Å². The molecule has 0 unspecified atom stereocenters. The van der Waals surface area contributed by atoms with Crippen LogP contribution in [-0.4, -0.2) is 5.11 Å². The Morgan fingerprint density at radius 2 is 1.87 bits per heavy atom. The zero-order valence-corrected chi connectivity index (χ0v) is 8.52. The van der Waals surface area contributed by atoms with Crippen LogP contribution in [0.5, 0.6) is 5.75 Å². The summed E-state index contributed by atoms with van der Waals surface area (Å²) in [7, 11) is 0. The van der Waals surface area contributed by atoms with E-state index >= 15 is 0 Å². The van der Waals surface area contributed by atoms with Gasteiger partial charge in [0.2, 0.25) is 0 Å². The van der Waals surface area contributed by atoms with E-state index in [-0.39, 0.29) is 0 Å². The molecular formula is C13H14O2. The summed E-state index contributed by atoms with van der Waals surface area (Å²) < 4.78 is 5.24. The van der Waals surface area contributed by atoms with Crippen molar-refractivity contribution in [3.05, 3.63) is 54.0 Å². The van der Waals surface area contributed by atoms with Crippen molar-refractivity contribution in [2.75, 3.05) is 0 Å². The van der Waals surface area contributed by atoms with Gasteiger partial charge < -0.3 is 9.52 Å². The lowest BCUT2D eigenvalue weighted by Crippen LogP contribution is -1.89. The molecular weight excluding hydrogens is 188 g/mol. The summed E-state index contributed by atoms with van der Waals surface area (Å²) in [6.07, 6.45) is 4.48. The Bertz CT molecular complexity index is 404. The first-order chi connectivity index (χ1) is 7.36. The third-order valence-corrected chi connectivity index (χ3v) is 2.44. The first-order valence-electron chi connectivity index (χ1n) is 5.15. The van der Waals surface area contributed by atoms with Gasteiger partial charge in [-0.3, -0.25) is 0 Å². The Morgan fingerprint density at radius 1 is 1.00 bits per heavy atom. The van der Waals surface area contributed by atoms with E-state index < -0.39 is 0 Å². The van der Waals surface area contributed by atoms with Crippen molar-refractivity contribution < 1.29 is 9.52 Å². The summed E-state index contributed by atoms with van der Waals surface area (Å²) in [6, 6.07) is 11.3. The maximum Gasteiger partial charge on any atom is 0.118 e. The third-order valence-electron chi connectivity index (χ3n) is 2.44. The quantitative estimate of drug-likeness (QED) is 0.826. The molecule has 78 valence electrons. The van der Waals surface area contributed by atoms with Gasteiger partial charge in [0.05, 0.1) is 6.26 Å². The lowest BCUT2D eigenvalue weighted by Gasteiger charge is -2.02. The first-order valence-corrected chi connectivity index (χ1v) is 5.15. The number of furan rings is 1. The highest BCUT2D eigenvalue weighted by Crippen LogP contribution is 2.18. The maximum atomic E-state index is 9.54. The molecule has 2 heteroatoms. The van der Waals surface area contributed by atoms with Crippen molar-refractivity contribution >= 4 is 0 Å². The van der Waals surface area contributed by atoms with Crippen molar-refractivity contribution in [2.24, 2.45) is 0 Å². The predicted molar refractivity (Wildman–Crippen MR) is 58.8 cm³/mol. The molecule has 2 rings (SSSR count). The Morgan fingerprint density at radius 3 is 2.60 bits per heavy atom. The van der Waals surface area contributed by atoms with Gasteiger partial charge in [0.1, 0.15) is 11.5 Å². The molecule has 15 heavy (non-hydrogen) atoms. The molecule has 1 aromatic heterocycles. The van der Waals surface area contributed by atoms with Crippen molar-refractivity contribution in [1.82, 2.24) is 0 Å². The van der Waals surface area contributed by atoms with Gasteiger partial charge in [-0.05, 0) is 36.6 Å². The molecule has 0 aliphatic carbocycles. The molecule has 0 bridgehead atoms. The monoisotopic (exact) mass is 202 g/mol. The molecule has 0 aliphatic heterocycles. The standard InChI is InChI=1S/C13H14O2/c14-13-9-2-1-5-11(13)6-3-7-12-8-4-10-15-12/h1-2,4-5,8-10,14H,3,6-7H2. The summed E-state index contributed by atoms with van der Waals surface area (Å²) in [5.74, 6) is 1.39. The number of aryl methyl sites for hydroxylation is 2. The molecule has 0 spiro atoms. The maximum absolute atomic E-state index is 9.54. The van der Waals surface area contributed by atoms with Crippen molar-refractivity contribution in [3.63, 3.8) is 0 Å². The summed E-state index contributed by atoms with van der Waals surface area (Å²) in [4.78, 5) is 0. The number of phenolic OH excluding ortho intramolecular Hbond substituents is 1. The summed E-state index contributed by atoms with van der Waals surface area (Å²) in [6.45, 7) is 0.